The van der Waals surface area contributed by atoms with Gasteiger partial charge in [0.1, 0.15) is 24.1 Å². The summed E-state index contributed by atoms with van der Waals surface area (Å²) in [6.07, 6.45) is 0.327. The highest BCUT2D eigenvalue weighted by atomic mass is 32.2. The van der Waals surface area contributed by atoms with E-state index < -0.39 is 34.1 Å². The Hall–Kier alpha value is -4.05. The molecule has 0 aromatic heterocycles. The van der Waals surface area contributed by atoms with Gasteiger partial charge in [-0.15, -0.1) is 0 Å². The van der Waals surface area contributed by atoms with Crippen molar-refractivity contribution in [2.45, 2.75) is 64.1 Å². The fourth-order valence-corrected chi connectivity index (χ4v) is 6.01. The number of aryl methyl sites for hydroxylation is 1. The number of nitrogens with zero attached hydrogens (tertiary/aromatic N) is 2. The van der Waals surface area contributed by atoms with Crippen LogP contribution >= 0.6 is 0 Å². The molecule has 0 radical (unpaired) electrons. The van der Waals surface area contributed by atoms with E-state index in [9.17, 15) is 18.0 Å². The first-order valence-electron chi connectivity index (χ1n) is 13.8. The van der Waals surface area contributed by atoms with Gasteiger partial charge in [-0.05, 0) is 69.5 Å². The molecule has 0 aliphatic carbocycles. The van der Waals surface area contributed by atoms with Gasteiger partial charge in [-0.2, -0.15) is 0 Å². The van der Waals surface area contributed by atoms with Gasteiger partial charge in [0.15, 0.2) is 0 Å². The second-order valence-corrected chi connectivity index (χ2v) is 12.8. The highest BCUT2D eigenvalue weighted by Gasteiger charge is 2.35. The van der Waals surface area contributed by atoms with Gasteiger partial charge in [0.25, 0.3) is 10.0 Å². The number of carbonyl (C=O) groups excluding carboxylic acids is 2. The Morgan fingerprint density at radius 2 is 1.57 bits per heavy atom. The molecular weight excluding hydrogens is 554 g/mol. The number of methoxy groups -OCH3 is 2. The zero-order chi connectivity index (χ0) is 31.1. The fraction of sp³-hybridized carbons (Fsp3) is 0.375. The molecule has 0 aliphatic heterocycles. The van der Waals surface area contributed by atoms with E-state index in [1.165, 1.54) is 37.3 Å². The molecule has 1 N–H and O–H groups in total. The molecule has 0 heterocycles. The van der Waals surface area contributed by atoms with Crippen LogP contribution in [0.3, 0.4) is 0 Å². The number of carbonyl (C=O) groups is 2. The number of benzene rings is 3. The molecule has 0 saturated heterocycles. The highest BCUT2D eigenvalue weighted by Crippen LogP contribution is 2.36. The summed E-state index contributed by atoms with van der Waals surface area (Å²) in [5, 5.41) is 2.98. The molecule has 10 heteroatoms. The first kappa shape index (κ1) is 32.5. The zero-order valence-electron chi connectivity index (χ0n) is 25.4. The Labute approximate surface area is 249 Å². The van der Waals surface area contributed by atoms with Crippen molar-refractivity contribution in [3.63, 3.8) is 0 Å². The van der Waals surface area contributed by atoms with Crippen LogP contribution in [0.4, 0.5) is 5.69 Å². The summed E-state index contributed by atoms with van der Waals surface area (Å²) in [6, 6.07) is 19.4. The summed E-state index contributed by atoms with van der Waals surface area (Å²) in [7, 11) is -1.36. The summed E-state index contributed by atoms with van der Waals surface area (Å²) in [6.45, 7) is 8.91. The molecule has 0 saturated carbocycles. The molecule has 3 aromatic carbocycles. The van der Waals surface area contributed by atoms with Crippen LogP contribution in [0.25, 0.3) is 0 Å². The topological polar surface area (TPSA) is 105 Å². The number of anilines is 1. The van der Waals surface area contributed by atoms with Crippen LogP contribution in [-0.4, -0.2) is 57.5 Å². The van der Waals surface area contributed by atoms with Crippen LogP contribution in [-0.2, 0) is 26.2 Å². The van der Waals surface area contributed by atoms with Gasteiger partial charge in [-0.3, -0.25) is 13.9 Å². The lowest BCUT2D eigenvalue weighted by atomic mass is 10.0. The minimum atomic E-state index is -4.25. The van der Waals surface area contributed by atoms with E-state index >= 15 is 0 Å². The maximum absolute atomic E-state index is 14.3. The molecule has 0 fully saturated rings. The van der Waals surface area contributed by atoms with E-state index in [2.05, 4.69) is 5.32 Å². The zero-order valence-corrected chi connectivity index (χ0v) is 26.2. The molecule has 0 spiro atoms. The summed E-state index contributed by atoms with van der Waals surface area (Å²) in [5.74, 6) is -0.229. The van der Waals surface area contributed by atoms with Crippen LogP contribution in [0.15, 0.2) is 77.7 Å². The van der Waals surface area contributed by atoms with Gasteiger partial charge in [0, 0.05) is 18.2 Å². The molecule has 9 nitrogen and oxygen atoms in total. The van der Waals surface area contributed by atoms with Gasteiger partial charge in [-0.25, -0.2) is 8.42 Å². The van der Waals surface area contributed by atoms with Crippen molar-refractivity contribution in [1.29, 1.82) is 0 Å². The molecular formula is C32H41N3O6S. The number of hydrogen-bond donors (Lipinski definition) is 1. The summed E-state index contributed by atoms with van der Waals surface area (Å²) >= 11 is 0. The maximum atomic E-state index is 14.3. The minimum absolute atomic E-state index is 0.00523. The van der Waals surface area contributed by atoms with Crippen LogP contribution in [0.5, 0.6) is 11.5 Å². The first-order chi connectivity index (χ1) is 19.8. The largest absolute Gasteiger partial charge is 0.497 e. The SMILES string of the molecule is CCC(C(=O)NC(C)(C)C)N(Cc1ccccc1C)C(=O)CN(c1cc(OC)ccc1OC)S(=O)(=O)c1ccccc1. The highest BCUT2D eigenvalue weighted by molar-refractivity contribution is 7.92. The lowest BCUT2D eigenvalue weighted by Crippen LogP contribution is -2.55. The Kier molecular flexibility index (Phi) is 10.6. The predicted octanol–water partition coefficient (Wildman–Crippen LogP) is 4.93. The molecule has 0 bridgehead atoms. The fourth-order valence-electron chi connectivity index (χ4n) is 4.57. The van der Waals surface area contributed by atoms with Gasteiger partial charge >= 0.3 is 0 Å². The number of sulfonamides is 1. The standard InChI is InChI=1S/C32H41N3O6S/c1-8-27(31(37)33-32(3,4)5)34(21-24-15-13-12-14-23(24)2)30(36)22-35(42(38,39)26-16-10-9-11-17-26)28-20-25(40-6)18-19-29(28)41-7/h9-20,27H,8,21-22H2,1-7H3,(H,33,37). The maximum Gasteiger partial charge on any atom is 0.264 e. The van der Waals surface area contributed by atoms with Gasteiger partial charge in [-0.1, -0.05) is 49.4 Å². The van der Waals surface area contributed by atoms with E-state index in [4.69, 9.17) is 9.47 Å². The van der Waals surface area contributed by atoms with E-state index in [1.807, 2.05) is 58.9 Å². The van der Waals surface area contributed by atoms with Gasteiger partial charge in [0.05, 0.1) is 24.8 Å². The smallest absolute Gasteiger partial charge is 0.264 e. The Bertz CT molecular complexity index is 1490. The average Bonchev–Trinajstić information content (AvgIpc) is 2.95. The van der Waals surface area contributed by atoms with Crippen molar-refractivity contribution >= 4 is 27.5 Å². The lowest BCUT2D eigenvalue weighted by molar-refractivity contribution is -0.141. The van der Waals surface area contributed by atoms with E-state index in [1.54, 1.807) is 30.3 Å². The third kappa shape index (κ3) is 7.82. The third-order valence-corrected chi connectivity index (χ3v) is 8.52. The Balaban J connectivity index is 2.16. The van der Waals surface area contributed by atoms with Crippen LogP contribution in [0, 0.1) is 6.92 Å². The second-order valence-electron chi connectivity index (χ2n) is 11.0. The molecule has 42 heavy (non-hydrogen) atoms. The second kappa shape index (κ2) is 13.7. The van der Waals surface area contributed by atoms with Crippen molar-refractivity contribution in [3.05, 3.63) is 83.9 Å². The predicted molar refractivity (Wildman–Crippen MR) is 164 cm³/mol. The number of ether oxygens (including phenoxy) is 2. The Morgan fingerprint density at radius 3 is 2.14 bits per heavy atom. The third-order valence-electron chi connectivity index (χ3n) is 6.75. The normalized spacial score (nSPS) is 12.3. The number of amides is 2. The Morgan fingerprint density at radius 1 is 0.929 bits per heavy atom. The summed E-state index contributed by atoms with van der Waals surface area (Å²) in [4.78, 5) is 29.3. The molecule has 1 atom stereocenters. The van der Waals surface area contributed by atoms with E-state index in [0.717, 1.165) is 15.4 Å². The lowest BCUT2D eigenvalue weighted by Gasteiger charge is -2.35. The quantitative estimate of drug-likeness (QED) is 0.318. The van der Waals surface area contributed by atoms with Crippen molar-refractivity contribution in [2.75, 3.05) is 25.1 Å². The first-order valence-corrected chi connectivity index (χ1v) is 15.2. The summed E-state index contributed by atoms with van der Waals surface area (Å²) in [5.41, 5.74) is 1.41. The van der Waals surface area contributed by atoms with Crippen molar-refractivity contribution in [3.8, 4) is 11.5 Å². The van der Waals surface area contributed by atoms with Crippen molar-refractivity contribution in [1.82, 2.24) is 10.2 Å². The molecule has 2 amide bonds. The number of nitrogens with one attached hydrogen (secondary N) is 1. The van der Waals surface area contributed by atoms with E-state index in [0.29, 0.717) is 12.2 Å². The molecule has 1 unspecified atom stereocenters. The van der Waals surface area contributed by atoms with Crippen LogP contribution < -0.4 is 19.1 Å². The van der Waals surface area contributed by atoms with E-state index in [-0.39, 0.29) is 28.8 Å². The molecule has 226 valence electrons. The van der Waals surface area contributed by atoms with Crippen LogP contribution in [0.2, 0.25) is 0 Å². The minimum Gasteiger partial charge on any atom is -0.497 e. The van der Waals surface area contributed by atoms with Crippen molar-refractivity contribution in [2.24, 2.45) is 0 Å². The monoisotopic (exact) mass is 595 g/mol. The number of rotatable bonds is 12. The molecule has 3 rings (SSSR count). The number of hydrogen-bond acceptors (Lipinski definition) is 6. The van der Waals surface area contributed by atoms with Crippen LogP contribution in [0.1, 0.15) is 45.2 Å². The van der Waals surface area contributed by atoms with Crippen molar-refractivity contribution < 1.29 is 27.5 Å². The average molecular weight is 596 g/mol. The van der Waals surface area contributed by atoms with Gasteiger partial charge < -0.3 is 19.7 Å². The summed E-state index contributed by atoms with van der Waals surface area (Å²) < 4.78 is 40.1. The molecule has 3 aromatic rings. The molecule has 0 aliphatic rings. The van der Waals surface area contributed by atoms with Gasteiger partial charge in [0.2, 0.25) is 11.8 Å².